The minimum Gasteiger partial charge on any atom is -0.468 e. The SMILES string of the molecule is CCc1ccsc1C(=O)N(CC(=O)OC)CC(=O)OC. The monoisotopic (exact) mass is 299 g/mol. The van der Waals surface area contributed by atoms with Crippen molar-refractivity contribution in [2.24, 2.45) is 0 Å². The van der Waals surface area contributed by atoms with E-state index in [0.717, 1.165) is 10.5 Å². The number of aryl methyl sites for hydroxylation is 1. The van der Waals surface area contributed by atoms with Crippen molar-refractivity contribution in [3.05, 3.63) is 21.9 Å². The van der Waals surface area contributed by atoms with Crippen molar-refractivity contribution in [3.8, 4) is 0 Å². The molecular formula is C13H17NO5S. The Kier molecular flexibility index (Phi) is 6.17. The van der Waals surface area contributed by atoms with Crippen LogP contribution in [0.25, 0.3) is 0 Å². The maximum Gasteiger partial charge on any atom is 0.325 e. The highest BCUT2D eigenvalue weighted by Crippen LogP contribution is 2.19. The van der Waals surface area contributed by atoms with Crippen molar-refractivity contribution in [3.63, 3.8) is 0 Å². The number of rotatable bonds is 6. The van der Waals surface area contributed by atoms with Crippen LogP contribution in [0.15, 0.2) is 11.4 Å². The number of hydrogen-bond donors (Lipinski definition) is 0. The van der Waals surface area contributed by atoms with Crippen LogP contribution in [0.1, 0.15) is 22.2 Å². The standard InChI is InChI=1S/C13H17NO5S/c1-4-9-5-6-20-12(9)13(17)14(7-10(15)18-2)8-11(16)19-3/h5-6H,4,7-8H2,1-3H3. The van der Waals surface area contributed by atoms with Gasteiger partial charge >= 0.3 is 11.9 Å². The molecule has 0 saturated carbocycles. The van der Waals surface area contributed by atoms with Gasteiger partial charge in [0.05, 0.1) is 19.1 Å². The fourth-order valence-corrected chi connectivity index (χ4v) is 2.55. The summed E-state index contributed by atoms with van der Waals surface area (Å²) in [6.45, 7) is 1.36. The number of amides is 1. The van der Waals surface area contributed by atoms with Gasteiger partial charge in [-0.15, -0.1) is 11.3 Å². The van der Waals surface area contributed by atoms with Crippen LogP contribution < -0.4 is 0 Å². The maximum atomic E-state index is 12.4. The molecule has 0 aromatic carbocycles. The van der Waals surface area contributed by atoms with Gasteiger partial charge in [-0.3, -0.25) is 14.4 Å². The van der Waals surface area contributed by atoms with Gasteiger partial charge in [0.25, 0.3) is 5.91 Å². The predicted octanol–water partition coefficient (Wildman–Crippen LogP) is 1.10. The van der Waals surface area contributed by atoms with E-state index in [-0.39, 0.29) is 19.0 Å². The number of nitrogens with zero attached hydrogens (tertiary/aromatic N) is 1. The minimum atomic E-state index is -0.586. The number of carbonyl (C=O) groups is 3. The van der Waals surface area contributed by atoms with Gasteiger partial charge in [0.2, 0.25) is 0 Å². The first kappa shape index (κ1) is 16.2. The third-order valence-electron chi connectivity index (χ3n) is 2.70. The largest absolute Gasteiger partial charge is 0.468 e. The van der Waals surface area contributed by atoms with Gasteiger partial charge in [0.15, 0.2) is 0 Å². The van der Waals surface area contributed by atoms with Crippen LogP contribution in [0.3, 0.4) is 0 Å². The number of methoxy groups -OCH3 is 2. The molecule has 1 aromatic heterocycles. The van der Waals surface area contributed by atoms with Gasteiger partial charge in [0.1, 0.15) is 13.1 Å². The third-order valence-corrected chi connectivity index (χ3v) is 3.65. The molecule has 0 aliphatic rings. The summed E-state index contributed by atoms with van der Waals surface area (Å²) in [7, 11) is 2.46. The summed E-state index contributed by atoms with van der Waals surface area (Å²) in [4.78, 5) is 36.8. The third kappa shape index (κ3) is 4.06. The molecule has 1 heterocycles. The van der Waals surface area contributed by atoms with Crippen LogP contribution in [0.4, 0.5) is 0 Å². The van der Waals surface area contributed by atoms with Gasteiger partial charge in [-0.1, -0.05) is 6.92 Å². The Labute approximate surface area is 121 Å². The van der Waals surface area contributed by atoms with Crippen molar-refractivity contribution in [2.45, 2.75) is 13.3 Å². The normalized spacial score (nSPS) is 9.95. The fraction of sp³-hybridized carbons (Fsp3) is 0.462. The van der Waals surface area contributed by atoms with Crippen molar-refractivity contribution in [1.82, 2.24) is 4.90 Å². The molecule has 0 N–H and O–H groups in total. The van der Waals surface area contributed by atoms with Crippen LogP contribution >= 0.6 is 11.3 Å². The first-order chi connectivity index (χ1) is 9.53. The van der Waals surface area contributed by atoms with E-state index in [4.69, 9.17) is 0 Å². The molecule has 7 heteroatoms. The average molecular weight is 299 g/mol. The molecule has 0 aliphatic heterocycles. The smallest absolute Gasteiger partial charge is 0.325 e. The highest BCUT2D eigenvalue weighted by molar-refractivity contribution is 7.12. The molecule has 20 heavy (non-hydrogen) atoms. The fourth-order valence-electron chi connectivity index (χ4n) is 1.59. The van der Waals surface area contributed by atoms with E-state index in [1.165, 1.54) is 25.6 Å². The number of ether oxygens (including phenoxy) is 2. The molecule has 0 unspecified atom stereocenters. The van der Waals surface area contributed by atoms with E-state index in [1.54, 1.807) is 5.38 Å². The molecule has 0 bridgehead atoms. The molecule has 1 amide bonds. The van der Waals surface area contributed by atoms with E-state index < -0.39 is 11.9 Å². The summed E-state index contributed by atoms with van der Waals surface area (Å²) >= 11 is 1.28. The molecule has 6 nitrogen and oxygen atoms in total. The maximum absolute atomic E-state index is 12.4. The van der Waals surface area contributed by atoms with E-state index in [2.05, 4.69) is 9.47 Å². The lowest BCUT2D eigenvalue weighted by atomic mass is 10.2. The van der Waals surface area contributed by atoms with Gasteiger partial charge in [-0.05, 0) is 23.4 Å². The minimum absolute atomic E-state index is 0.286. The number of thiophene rings is 1. The van der Waals surface area contributed by atoms with Crippen molar-refractivity contribution in [2.75, 3.05) is 27.3 Å². The highest BCUT2D eigenvalue weighted by atomic mass is 32.1. The summed E-state index contributed by atoms with van der Waals surface area (Å²) in [5.74, 6) is -1.54. The quantitative estimate of drug-likeness (QED) is 0.735. The average Bonchev–Trinajstić information content (AvgIpc) is 2.93. The Bertz CT molecular complexity index is 479. The zero-order valence-electron chi connectivity index (χ0n) is 11.7. The molecular weight excluding hydrogens is 282 g/mol. The Balaban J connectivity index is 2.94. The first-order valence-electron chi connectivity index (χ1n) is 6.02. The topological polar surface area (TPSA) is 72.9 Å². The Morgan fingerprint density at radius 2 is 1.70 bits per heavy atom. The van der Waals surface area contributed by atoms with Crippen molar-refractivity contribution < 1.29 is 23.9 Å². The van der Waals surface area contributed by atoms with E-state index in [1.807, 2.05) is 13.0 Å². The van der Waals surface area contributed by atoms with Crippen LogP contribution in [0, 0.1) is 0 Å². The van der Waals surface area contributed by atoms with E-state index in [9.17, 15) is 14.4 Å². The number of carbonyl (C=O) groups excluding carboxylic acids is 3. The summed E-state index contributed by atoms with van der Waals surface area (Å²) in [6, 6.07) is 1.85. The van der Waals surface area contributed by atoms with Crippen molar-refractivity contribution >= 4 is 29.2 Å². The molecule has 1 rings (SSSR count). The van der Waals surface area contributed by atoms with Crippen LogP contribution in [0.2, 0.25) is 0 Å². The van der Waals surface area contributed by atoms with Gasteiger partial charge in [-0.2, -0.15) is 0 Å². The van der Waals surface area contributed by atoms with Gasteiger partial charge in [-0.25, -0.2) is 0 Å². The van der Waals surface area contributed by atoms with Gasteiger partial charge in [0, 0.05) is 0 Å². The number of hydrogen-bond acceptors (Lipinski definition) is 6. The first-order valence-corrected chi connectivity index (χ1v) is 6.90. The Morgan fingerprint density at radius 3 is 2.15 bits per heavy atom. The van der Waals surface area contributed by atoms with Gasteiger partial charge < -0.3 is 14.4 Å². The van der Waals surface area contributed by atoms with Crippen molar-refractivity contribution in [1.29, 1.82) is 0 Å². The zero-order chi connectivity index (χ0) is 15.1. The van der Waals surface area contributed by atoms with E-state index in [0.29, 0.717) is 11.3 Å². The summed E-state index contributed by atoms with van der Waals surface area (Å²) in [6.07, 6.45) is 0.703. The summed E-state index contributed by atoms with van der Waals surface area (Å²) in [5.41, 5.74) is 0.889. The van der Waals surface area contributed by atoms with Crippen LogP contribution in [0.5, 0.6) is 0 Å². The lowest BCUT2D eigenvalue weighted by Gasteiger charge is -2.20. The second-order valence-corrected chi connectivity index (χ2v) is 4.86. The zero-order valence-corrected chi connectivity index (χ0v) is 12.5. The van der Waals surface area contributed by atoms with Crippen LogP contribution in [-0.2, 0) is 25.5 Å². The Morgan fingerprint density at radius 1 is 1.15 bits per heavy atom. The molecule has 0 aliphatic carbocycles. The van der Waals surface area contributed by atoms with Crippen LogP contribution in [-0.4, -0.2) is 50.1 Å². The highest BCUT2D eigenvalue weighted by Gasteiger charge is 2.24. The molecule has 0 fully saturated rings. The molecule has 0 radical (unpaired) electrons. The summed E-state index contributed by atoms with van der Waals surface area (Å²) in [5, 5.41) is 1.81. The molecule has 1 aromatic rings. The van der Waals surface area contributed by atoms with E-state index >= 15 is 0 Å². The second kappa shape index (κ2) is 7.64. The molecule has 110 valence electrons. The second-order valence-electron chi connectivity index (χ2n) is 3.94. The Hall–Kier alpha value is -1.89. The lowest BCUT2D eigenvalue weighted by Crippen LogP contribution is -2.40. The number of esters is 2. The molecule has 0 atom stereocenters. The molecule has 0 saturated heterocycles. The molecule has 0 spiro atoms. The lowest BCUT2D eigenvalue weighted by molar-refractivity contribution is -0.144. The summed E-state index contributed by atoms with van der Waals surface area (Å²) < 4.78 is 9.08. The predicted molar refractivity (Wildman–Crippen MR) is 73.6 cm³/mol.